The summed E-state index contributed by atoms with van der Waals surface area (Å²) in [5.41, 5.74) is 1.96. The number of rotatable bonds is 4. The number of amides is 1. The van der Waals surface area contributed by atoms with E-state index in [0.29, 0.717) is 17.4 Å². The Morgan fingerprint density at radius 2 is 1.79 bits per heavy atom. The summed E-state index contributed by atoms with van der Waals surface area (Å²) < 4.78 is 0.417. The fourth-order valence-corrected chi connectivity index (χ4v) is 5.93. The highest BCUT2D eigenvalue weighted by Crippen LogP contribution is 2.44. The van der Waals surface area contributed by atoms with Crippen molar-refractivity contribution in [1.82, 2.24) is 0 Å². The molecule has 6 heteroatoms. The average Bonchev–Trinajstić information content (AvgIpc) is 2.62. The Kier molecular flexibility index (Phi) is 5.89. The van der Waals surface area contributed by atoms with Crippen LogP contribution in [-0.2, 0) is 9.59 Å². The molecule has 0 spiro atoms. The monoisotopic (exact) mass is 363 g/mol. The largest absolute Gasteiger partial charge is 0.481 e. The molecule has 3 rings (SSSR count). The van der Waals surface area contributed by atoms with Crippen molar-refractivity contribution < 1.29 is 14.7 Å². The molecule has 0 aromatic heterocycles. The van der Waals surface area contributed by atoms with Crippen molar-refractivity contribution in [3.63, 3.8) is 0 Å². The number of allylic oxidation sites excluding steroid dienone is 2. The second-order valence-electron chi connectivity index (χ2n) is 6.04. The number of thioether (sulfide) groups is 2. The van der Waals surface area contributed by atoms with Gasteiger partial charge in [0.15, 0.2) is 0 Å². The van der Waals surface area contributed by atoms with Crippen LogP contribution < -0.4 is 5.32 Å². The van der Waals surface area contributed by atoms with Gasteiger partial charge >= 0.3 is 5.97 Å². The van der Waals surface area contributed by atoms with Crippen molar-refractivity contribution in [2.24, 2.45) is 11.8 Å². The second kappa shape index (κ2) is 8.12. The Labute approximate surface area is 150 Å². The van der Waals surface area contributed by atoms with E-state index in [1.165, 1.54) is 23.5 Å². The molecular weight excluding hydrogens is 342 g/mol. The van der Waals surface area contributed by atoms with E-state index in [-0.39, 0.29) is 5.91 Å². The first-order valence-electron chi connectivity index (χ1n) is 8.17. The van der Waals surface area contributed by atoms with Gasteiger partial charge in [-0.1, -0.05) is 24.3 Å². The number of carboxylic acid groups (broad SMARTS) is 1. The van der Waals surface area contributed by atoms with Crippen molar-refractivity contribution in [2.75, 3.05) is 16.8 Å². The van der Waals surface area contributed by atoms with Crippen LogP contribution in [-0.4, -0.2) is 28.5 Å². The number of hydrogen-bond donors (Lipinski definition) is 2. The first kappa shape index (κ1) is 17.4. The maximum atomic E-state index is 12.6. The van der Waals surface area contributed by atoms with Crippen molar-refractivity contribution in [3.05, 3.63) is 42.0 Å². The Morgan fingerprint density at radius 1 is 1.08 bits per heavy atom. The van der Waals surface area contributed by atoms with Crippen LogP contribution in [0.4, 0.5) is 5.69 Å². The normalized spacial score (nSPS) is 24.5. The van der Waals surface area contributed by atoms with Gasteiger partial charge in [0.05, 0.1) is 16.4 Å². The number of benzene rings is 1. The predicted octanol–water partition coefficient (Wildman–Crippen LogP) is 4.16. The molecule has 0 radical (unpaired) electrons. The lowest BCUT2D eigenvalue weighted by molar-refractivity contribution is -0.146. The highest BCUT2D eigenvalue weighted by Gasteiger charge is 2.34. The van der Waals surface area contributed by atoms with Crippen LogP contribution in [0.2, 0.25) is 0 Å². The fraction of sp³-hybridized carbons (Fsp3) is 0.444. The standard InChI is InChI=1S/C18H21NO3S2/c20-16(14-7-1-2-8-15(14)17(21)22)19-13-6-3-5-12(11-13)18-23-9-4-10-24-18/h1-3,5-6,11,14-15,18H,4,7-10H2,(H,19,20)(H,21,22)/t14-,15+/m1/s1. The summed E-state index contributed by atoms with van der Waals surface area (Å²) in [7, 11) is 0. The first-order chi connectivity index (χ1) is 11.6. The van der Waals surface area contributed by atoms with Crippen molar-refractivity contribution in [3.8, 4) is 0 Å². The molecule has 1 fully saturated rings. The van der Waals surface area contributed by atoms with Gasteiger partial charge in [-0.25, -0.2) is 0 Å². The Balaban J connectivity index is 1.69. The molecular formula is C18H21NO3S2. The van der Waals surface area contributed by atoms with E-state index in [2.05, 4.69) is 11.4 Å². The molecule has 2 aliphatic rings. The van der Waals surface area contributed by atoms with E-state index in [0.717, 1.165) is 5.69 Å². The third kappa shape index (κ3) is 4.16. The number of hydrogen-bond acceptors (Lipinski definition) is 4. The van der Waals surface area contributed by atoms with Crippen LogP contribution in [0, 0.1) is 11.8 Å². The van der Waals surface area contributed by atoms with E-state index >= 15 is 0 Å². The van der Waals surface area contributed by atoms with Crippen LogP contribution in [0.5, 0.6) is 0 Å². The Morgan fingerprint density at radius 3 is 2.50 bits per heavy atom. The third-order valence-corrected chi connectivity index (χ3v) is 7.35. The van der Waals surface area contributed by atoms with Gasteiger partial charge < -0.3 is 10.4 Å². The number of carboxylic acids is 1. The van der Waals surface area contributed by atoms with Crippen LogP contribution in [0.1, 0.15) is 29.4 Å². The van der Waals surface area contributed by atoms with Gasteiger partial charge in [0.25, 0.3) is 0 Å². The summed E-state index contributed by atoms with van der Waals surface area (Å²) in [5.74, 6) is 0.0969. The first-order valence-corrected chi connectivity index (χ1v) is 10.3. The number of anilines is 1. The quantitative estimate of drug-likeness (QED) is 0.786. The topological polar surface area (TPSA) is 66.4 Å². The van der Waals surface area contributed by atoms with E-state index in [1.54, 1.807) is 0 Å². The maximum absolute atomic E-state index is 12.6. The van der Waals surface area contributed by atoms with Crippen molar-refractivity contribution in [1.29, 1.82) is 0 Å². The Bertz CT molecular complexity index is 641. The molecule has 0 saturated carbocycles. The van der Waals surface area contributed by atoms with E-state index in [4.69, 9.17) is 0 Å². The molecule has 128 valence electrons. The van der Waals surface area contributed by atoms with Gasteiger partial charge in [-0.05, 0) is 48.5 Å². The molecule has 4 nitrogen and oxygen atoms in total. The molecule has 0 unspecified atom stereocenters. The molecule has 24 heavy (non-hydrogen) atoms. The van der Waals surface area contributed by atoms with Crippen molar-refractivity contribution >= 4 is 41.1 Å². The minimum Gasteiger partial charge on any atom is -0.481 e. The number of carbonyl (C=O) groups is 2. The summed E-state index contributed by atoms with van der Waals surface area (Å²) >= 11 is 3.88. The summed E-state index contributed by atoms with van der Waals surface area (Å²) in [4.78, 5) is 23.9. The number of aliphatic carboxylic acids is 1. The molecule has 2 atom stereocenters. The molecule has 1 aliphatic heterocycles. The summed E-state index contributed by atoms with van der Waals surface area (Å²) in [6.07, 6.45) is 5.89. The maximum Gasteiger partial charge on any atom is 0.307 e. The number of carbonyl (C=O) groups excluding carboxylic acids is 1. The minimum atomic E-state index is -0.900. The molecule has 1 saturated heterocycles. The molecule has 0 bridgehead atoms. The fourth-order valence-electron chi connectivity index (χ4n) is 3.06. The summed E-state index contributed by atoms with van der Waals surface area (Å²) in [6, 6.07) is 7.93. The highest BCUT2D eigenvalue weighted by molar-refractivity contribution is 8.16. The van der Waals surface area contributed by atoms with Gasteiger partial charge in [0.1, 0.15) is 0 Å². The predicted molar refractivity (Wildman–Crippen MR) is 100 cm³/mol. The molecule has 1 aromatic rings. The average molecular weight is 364 g/mol. The van der Waals surface area contributed by atoms with E-state index < -0.39 is 17.8 Å². The smallest absolute Gasteiger partial charge is 0.307 e. The summed E-state index contributed by atoms with van der Waals surface area (Å²) in [5, 5.41) is 12.2. The number of nitrogens with one attached hydrogen (secondary N) is 1. The lowest BCUT2D eigenvalue weighted by Gasteiger charge is -2.25. The van der Waals surface area contributed by atoms with Gasteiger partial charge in [-0.2, -0.15) is 0 Å². The molecule has 1 amide bonds. The SMILES string of the molecule is O=C(O)[C@H]1CC=CC[C@H]1C(=O)Nc1cccc(C2SCCCS2)c1. The van der Waals surface area contributed by atoms with E-state index in [1.807, 2.05) is 53.9 Å². The van der Waals surface area contributed by atoms with Crippen LogP contribution in [0.15, 0.2) is 36.4 Å². The lowest BCUT2D eigenvalue weighted by atomic mass is 9.82. The zero-order chi connectivity index (χ0) is 16.9. The Hall–Kier alpha value is -1.40. The second-order valence-corrected chi connectivity index (χ2v) is 8.76. The lowest BCUT2D eigenvalue weighted by Crippen LogP contribution is -2.34. The zero-order valence-corrected chi connectivity index (χ0v) is 14.9. The molecule has 1 aliphatic carbocycles. The molecule has 1 heterocycles. The van der Waals surface area contributed by atoms with Gasteiger partial charge in [-0.15, -0.1) is 23.5 Å². The summed E-state index contributed by atoms with van der Waals surface area (Å²) in [6.45, 7) is 0. The van der Waals surface area contributed by atoms with Gasteiger partial charge in [-0.3, -0.25) is 9.59 Å². The van der Waals surface area contributed by atoms with Crippen LogP contribution >= 0.6 is 23.5 Å². The van der Waals surface area contributed by atoms with Crippen molar-refractivity contribution in [2.45, 2.75) is 23.8 Å². The third-order valence-electron chi connectivity index (χ3n) is 4.34. The minimum absolute atomic E-state index is 0.201. The van der Waals surface area contributed by atoms with E-state index in [9.17, 15) is 14.7 Å². The van der Waals surface area contributed by atoms with Gasteiger partial charge in [0, 0.05) is 5.69 Å². The van der Waals surface area contributed by atoms with Gasteiger partial charge in [0.2, 0.25) is 5.91 Å². The highest BCUT2D eigenvalue weighted by atomic mass is 32.2. The molecule has 1 aromatic carbocycles. The zero-order valence-electron chi connectivity index (χ0n) is 13.3. The molecule has 2 N–H and O–H groups in total. The van der Waals surface area contributed by atoms with Crippen LogP contribution in [0.25, 0.3) is 0 Å². The van der Waals surface area contributed by atoms with Crippen LogP contribution in [0.3, 0.4) is 0 Å².